The Bertz CT molecular complexity index is 207. The molecule has 2 nitrogen and oxygen atoms in total. The van der Waals surface area contributed by atoms with Gasteiger partial charge in [0.15, 0.2) is 0 Å². The van der Waals surface area contributed by atoms with E-state index in [-0.39, 0.29) is 6.61 Å². The number of aliphatic hydroxyl groups is 1. The number of anilines is 1. The molecular weight excluding hydrogens is 134 g/mol. The normalized spacial score (nSPS) is 10.0. The second kappa shape index (κ2) is 2.37. The topological polar surface area (TPSA) is 46.2 Å². The van der Waals surface area contributed by atoms with Gasteiger partial charge >= 0.3 is 0 Å². The molecule has 3 heteroatoms. The van der Waals surface area contributed by atoms with Gasteiger partial charge < -0.3 is 10.8 Å². The van der Waals surface area contributed by atoms with Crippen molar-refractivity contribution in [1.29, 1.82) is 0 Å². The Hall–Kier alpha value is -0.540. The van der Waals surface area contributed by atoms with Crippen LogP contribution in [0.5, 0.6) is 0 Å². The Balaban J connectivity index is 3.04. The van der Waals surface area contributed by atoms with Gasteiger partial charge in [-0.15, -0.1) is 11.3 Å². The number of thiophene rings is 1. The molecule has 9 heavy (non-hydrogen) atoms. The molecule has 0 bridgehead atoms. The molecule has 0 saturated carbocycles. The highest BCUT2D eigenvalue weighted by molar-refractivity contribution is 7.14. The Labute approximate surface area is 57.9 Å². The summed E-state index contributed by atoms with van der Waals surface area (Å²) in [5.74, 6) is 0. The highest BCUT2D eigenvalue weighted by Crippen LogP contribution is 2.23. The number of nitrogens with two attached hydrogens (primary N) is 1. The first-order valence-electron chi connectivity index (χ1n) is 2.69. The first-order valence-corrected chi connectivity index (χ1v) is 3.57. The van der Waals surface area contributed by atoms with Crippen molar-refractivity contribution >= 4 is 16.3 Å². The lowest BCUT2D eigenvalue weighted by Gasteiger charge is -1.91. The highest BCUT2D eigenvalue weighted by atomic mass is 32.1. The average Bonchev–Trinajstić information content (AvgIpc) is 2.15. The van der Waals surface area contributed by atoms with Crippen LogP contribution in [0.2, 0.25) is 0 Å². The molecule has 1 rings (SSSR count). The predicted molar refractivity (Wildman–Crippen MR) is 39.4 cm³/mol. The Morgan fingerprint density at radius 3 is 2.67 bits per heavy atom. The first kappa shape index (κ1) is 6.58. The van der Waals surface area contributed by atoms with E-state index in [0.29, 0.717) is 0 Å². The Morgan fingerprint density at radius 1 is 1.78 bits per heavy atom. The second-order valence-electron chi connectivity index (χ2n) is 1.91. The number of rotatable bonds is 1. The van der Waals surface area contributed by atoms with Crippen molar-refractivity contribution in [3.05, 3.63) is 16.5 Å². The molecule has 1 heterocycles. The van der Waals surface area contributed by atoms with E-state index in [1.54, 1.807) is 0 Å². The molecule has 0 radical (unpaired) electrons. The van der Waals surface area contributed by atoms with Crippen molar-refractivity contribution in [2.75, 3.05) is 5.73 Å². The molecule has 1 aromatic rings. The minimum Gasteiger partial charge on any atom is -0.392 e. The van der Waals surface area contributed by atoms with E-state index in [4.69, 9.17) is 10.8 Å². The van der Waals surface area contributed by atoms with Crippen LogP contribution < -0.4 is 5.73 Å². The highest BCUT2D eigenvalue weighted by Gasteiger charge is 2.00. The van der Waals surface area contributed by atoms with Crippen LogP contribution in [-0.2, 0) is 6.61 Å². The molecule has 0 amide bonds. The first-order chi connectivity index (χ1) is 4.25. The summed E-state index contributed by atoms with van der Waals surface area (Å²) < 4.78 is 0. The van der Waals surface area contributed by atoms with Crippen LogP contribution in [-0.4, -0.2) is 5.11 Å². The fourth-order valence-electron chi connectivity index (χ4n) is 0.625. The maximum absolute atomic E-state index is 8.68. The molecule has 50 valence electrons. The SMILES string of the molecule is Cc1c(CO)csc1N. The van der Waals surface area contributed by atoms with Crippen molar-refractivity contribution in [3.8, 4) is 0 Å². The molecule has 0 aromatic carbocycles. The van der Waals surface area contributed by atoms with E-state index in [1.807, 2.05) is 12.3 Å². The van der Waals surface area contributed by atoms with Crippen molar-refractivity contribution < 1.29 is 5.11 Å². The molecular formula is C6H9NOS. The fourth-order valence-corrected chi connectivity index (χ4v) is 1.45. The summed E-state index contributed by atoms with van der Waals surface area (Å²) in [5.41, 5.74) is 7.48. The van der Waals surface area contributed by atoms with Gasteiger partial charge in [0.05, 0.1) is 11.6 Å². The summed E-state index contributed by atoms with van der Waals surface area (Å²) >= 11 is 1.47. The van der Waals surface area contributed by atoms with Gasteiger partial charge in [-0.05, 0) is 23.4 Å². The third-order valence-electron chi connectivity index (χ3n) is 1.35. The minimum absolute atomic E-state index is 0.0968. The fraction of sp³-hybridized carbons (Fsp3) is 0.333. The summed E-state index contributed by atoms with van der Waals surface area (Å²) in [6.07, 6.45) is 0. The summed E-state index contributed by atoms with van der Waals surface area (Å²) in [4.78, 5) is 0. The molecule has 0 aliphatic carbocycles. The molecule has 3 N–H and O–H groups in total. The van der Waals surface area contributed by atoms with E-state index < -0.39 is 0 Å². The van der Waals surface area contributed by atoms with Crippen LogP contribution in [0.3, 0.4) is 0 Å². The van der Waals surface area contributed by atoms with Crippen LogP contribution in [0.25, 0.3) is 0 Å². The summed E-state index contributed by atoms with van der Waals surface area (Å²) in [6, 6.07) is 0. The van der Waals surface area contributed by atoms with Gasteiger partial charge in [-0.2, -0.15) is 0 Å². The van der Waals surface area contributed by atoms with Gasteiger partial charge in [0.2, 0.25) is 0 Å². The van der Waals surface area contributed by atoms with Crippen molar-refractivity contribution in [2.45, 2.75) is 13.5 Å². The van der Waals surface area contributed by atoms with Crippen molar-refractivity contribution in [2.24, 2.45) is 0 Å². The standard InChI is InChI=1S/C6H9NOS/c1-4-5(2-8)3-9-6(4)7/h3,8H,2,7H2,1H3. The van der Waals surface area contributed by atoms with Gasteiger partial charge in [0.1, 0.15) is 0 Å². The monoisotopic (exact) mass is 143 g/mol. The smallest absolute Gasteiger partial charge is 0.0889 e. The molecule has 1 aromatic heterocycles. The van der Waals surface area contributed by atoms with Crippen LogP contribution in [0.1, 0.15) is 11.1 Å². The van der Waals surface area contributed by atoms with E-state index in [0.717, 1.165) is 16.1 Å². The van der Waals surface area contributed by atoms with E-state index in [2.05, 4.69) is 0 Å². The lowest BCUT2D eigenvalue weighted by molar-refractivity contribution is 0.281. The average molecular weight is 143 g/mol. The van der Waals surface area contributed by atoms with E-state index in [1.165, 1.54) is 11.3 Å². The Morgan fingerprint density at radius 2 is 2.44 bits per heavy atom. The zero-order valence-electron chi connectivity index (χ0n) is 5.22. The molecule has 0 fully saturated rings. The molecule has 0 atom stereocenters. The number of nitrogen functional groups attached to an aromatic ring is 1. The van der Waals surface area contributed by atoms with Gasteiger partial charge in [-0.1, -0.05) is 0 Å². The third kappa shape index (κ3) is 1.06. The summed E-state index contributed by atoms with van der Waals surface area (Å²) in [5, 5.41) is 11.4. The summed E-state index contributed by atoms with van der Waals surface area (Å²) in [6.45, 7) is 2.01. The van der Waals surface area contributed by atoms with Gasteiger partial charge in [0.25, 0.3) is 0 Å². The van der Waals surface area contributed by atoms with Crippen LogP contribution in [0, 0.1) is 6.92 Å². The lowest BCUT2D eigenvalue weighted by Crippen LogP contribution is -1.86. The van der Waals surface area contributed by atoms with Gasteiger partial charge in [-0.25, -0.2) is 0 Å². The van der Waals surface area contributed by atoms with Crippen molar-refractivity contribution in [1.82, 2.24) is 0 Å². The van der Waals surface area contributed by atoms with Gasteiger partial charge in [-0.3, -0.25) is 0 Å². The molecule has 0 saturated heterocycles. The molecule has 0 unspecified atom stereocenters. The molecule has 0 spiro atoms. The zero-order valence-corrected chi connectivity index (χ0v) is 6.03. The molecule has 0 aliphatic rings. The second-order valence-corrected chi connectivity index (χ2v) is 2.82. The number of aliphatic hydroxyl groups excluding tert-OH is 1. The predicted octanol–water partition coefficient (Wildman–Crippen LogP) is 1.13. The van der Waals surface area contributed by atoms with Crippen LogP contribution >= 0.6 is 11.3 Å². The number of hydrogen-bond acceptors (Lipinski definition) is 3. The Kier molecular flexibility index (Phi) is 1.73. The lowest BCUT2D eigenvalue weighted by atomic mass is 10.2. The number of hydrogen-bond donors (Lipinski definition) is 2. The molecule has 0 aliphatic heterocycles. The summed E-state index contributed by atoms with van der Waals surface area (Å²) in [7, 11) is 0. The largest absolute Gasteiger partial charge is 0.392 e. The van der Waals surface area contributed by atoms with Crippen molar-refractivity contribution in [3.63, 3.8) is 0 Å². The maximum Gasteiger partial charge on any atom is 0.0889 e. The van der Waals surface area contributed by atoms with Gasteiger partial charge in [0, 0.05) is 0 Å². The van der Waals surface area contributed by atoms with E-state index >= 15 is 0 Å². The minimum atomic E-state index is 0.0968. The zero-order chi connectivity index (χ0) is 6.85. The quantitative estimate of drug-likeness (QED) is 0.619. The van der Waals surface area contributed by atoms with Crippen LogP contribution in [0.4, 0.5) is 5.00 Å². The third-order valence-corrected chi connectivity index (χ3v) is 2.31. The van der Waals surface area contributed by atoms with E-state index in [9.17, 15) is 0 Å². The maximum atomic E-state index is 8.68. The van der Waals surface area contributed by atoms with Crippen LogP contribution in [0.15, 0.2) is 5.38 Å².